The molecule has 0 atom stereocenters. The van der Waals surface area contributed by atoms with Crippen molar-refractivity contribution in [2.45, 2.75) is 13.8 Å². The Balaban J connectivity index is 1.84. The fourth-order valence-electron chi connectivity index (χ4n) is 2.81. The summed E-state index contributed by atoms with van der Waals surface area (Å²) in [4.78, 5) is 25.5. The molecule has 3 rings (SSSR count). The molecule has 0 saturated carbocycles. The maximum atomic E-state index is 12.9. The van der Waals surface area contributed by atoms with E-state index in [4.69, 9.17) is 11.6 Å². The van der Waals surface area contributed by atoms with E-state index >= 15 is 0 Å². The predicted octanol–water partition coefficient (Wildman–Crippen LogP) is 4.67. The fraction of sp³-hybridized carbons (Fsp3) is 0.0800. The Hall–Kier alpha value is -3.90. The normalized spacial score (nSPS) is 11.7. The number of carbonyl (C=O) groups excluding carboxylic acids is 2. The van der Waals surface area contributed by atoms with Crippen molar-refractivity contribution in [2.24, 2.45) is 5.10 Å². The molecule has 0 saturated heterocycles. The Kier molecular flexibility index (Phi) is 7.41. The summed E-state index contributed by atoms with van der Waals surface area (Å²) in [6.07, 6.45) is 1.54. The Morgan fingerprint density at radius 1 is 0.969 bits per heavy atom. The molecule has 3 N–H and O–H groups in total. The number of hydrogen-bond donors (Lipinski definition) is 3. The second-order valence-corrected chi connectivity index (χ2v) is 7.51. The van der Waals surface area contributed by atoms with Crippen LogP contribution in [0.3, 0.4) is 0 Å². The van der Waals surface area contributed by atoms with E-state index in [0.717, 1.165) is 5.56 Å². The summed E-state index contributed by atoms with van der Waals surface area (Å²) >= 11 is 5.94. The van der Waals surface area contributed by atoms with Crippen LogP contribution in [0.2, 0.25) is 5.02 Å². The van der Waals surface area contributed by atoms with Crippen LogP contribution in [0, 0.1) is 6.92 Å². The van der Waals surface area contributed by atoms with Crippen LogP contribution in [0.25, 0.3) is 6.08 Å². The van der Waals surface area contributed by atoms with Crippen molar-refractivity contribution in [1.29, 1.82) is 0 Å². The maximum Gasteiger partial charge on any atom is 0.287 e. The molecule has 2 amide bonds. The summed E-state index contributed by atoms with van der Waals surface area (Å²) in [5, 5.41) is 17.0. The van der Waals surface area contributed by atoms with Gasteiger partial charge in [0.1, 0.15) is 11.4 Å². The summed E-state index contributed by atoms with van der Waals surface area (Å²) < 4.78 is 0. The average Bonchev–Trinajstić information content (AvgIpc) is 2.80. The van der Waals surface area contributed by atoms with Crippen molar-refractivity contribution in [2.75, 3.05) is 0 Å². The van der Waals surface area contributed by atoms with Gasteiger partial charge >= 0.3 is 0 Å². The number of carbonyl (C=O) groups is 2. The van der Waals surface area contributed by atoms with Crippen LogP contribution in [0.5, 0.6) is 5.75 Å². The minimum absolute atomic E-state index is 0.0274. The molecule has 0 aliphatic heterocycles. The number of nitrogens with one attached hydrogen (secondary N) is 2. The lowest BCUT2D eigenvalue weighted by atomic mass is 10.1. The van der Waals surface area contributed by atoms with Crippen LogP contribution in [-0.4, -0.2) is 22.6 Å². The number of benzene rings is 3. The molecule has 3 aromatic rings. The van der Waals surface area contributed by atoms with E-state index < -0.39 is 11.8 Å². The number of aryl methyl sites for hydroxylation is 1. The lowest BCUT2D eigenvalue weighted by molar-refractivity contribution is -0.117. The van der Waals surface area contributed by atoms with Crippen molar-refractivity contribution < 1.29 is 14.7 Å². The first-order valence-electron chi connectivity index (χ1n) is 9.82. The fourth-order valence-corrected chi connectivity index (χ4v) is 2.93. The summed E-state index contributed by atoms with van der Waals surface area (Å²) in [6, 6.07) is 20.5. The lowest BCUT2D eigenvalue weighted by Crippen LogP contribution is -2.33. The third kappa shape index (κ3) is 6.06. The maximum absolute atomic E-state index is 12.9. The molecule has 0 fully saturated rings. The zero-order chi connectivity index (χ0) is 23.1. The number of phenols is 1. The predicted molar refractivity (Wildman–Crippen MR) is 127 cm³/mol. The molecule has 0 aliphatic rings. The van der Waals surface area contributed by atoms with E-state index in [1.807, 2.05) is 0 Å². The zero-order valence-electron chi connectivity index (χ0n) is 17.6. The Morgan fingerprint density at radius 3 is 2.31 bits per heavy atom. The minimum Gasteiger partial charge on any atom is -0.508 e. The number of hydrogen-bond acceptors (Lipinski definition) is 4. The molecule has 32 heavy (non-hydrogen) atoms. The molecular formula is C25H22ClN3O3. The molecule has 0 heterocycles. The van der Waals surface area contributed by atoms with Crippen LogP contribution in [-0.2, 0) is 4.79 Å². The van der Waals surface area contributed by atoms with Crippen LogP contribution >= 0.6 is 11.6 Å². The quantitative estimate of drug-likeness (QED) is 0.291. The molecule has 0 radical (unpaired) electrons. The van der Waals surface area contributed by atoms with Gasteiger partial charge in [0.05, 0.1) is 5.71 Å². The summed E-state index contributed by atoms with van der Waals surface area (Å²) in [5.41, 5.74) is 5.60. The van der Waals surface area contributed by atoms with E-state index in [-0.39, 0.29) is 11.4 Å². The first-order valence-corrected chi connectivity index (χ1v) is 10.2. The number of amides is 2. The smallest absolute Gasteiger partial charge is 0.287 e. The highest BCUT2D eigenvalue weighted by Crippen LogP contribution is 2.17. The number of hydrazone groups is 1. The molecule has 0 aromatic heterocycles. The average molecular weight is 448 g/mol. The van der Waals surface area contributed by atoms with Crippen LogP contribution in [0.1, 0.15) is 34.0 Å². The van der Waals surface area contributed by atoms with Gasteiger partial charge in [-0.15, -0.1) is 0 Å². The monoisotopic (exact) mass is 447 g/mol. The van der Waals surface area contributed by atoms with Gasteiger partial charge in [-0.2, -0.15) is 5.10 Å². The van der Waals surface area contributed by atoms with Gasteiger partial charge in [0.25, 0.3) is 11.8 Å². The second kappa shape index (κ2) is 10.4. The lowest BCUT2D eigenvalue weighted by Gasteiger charge is -2.10. The van der Waals surface area contributed by atoms with Crippen molar-refractivity contribution >= 4 is 35.2 Å². The highest BCUT2D eigenvalue weighted by atomic mass is 35.5. The number of halogens is 1. The molecule has 3 aromatic carbocycles. The summed E-state index contributed by atoms with van der Waals surface area (Å²) in [7, 11) is 0. The summed E-state index contributed by atoms with van der Waals surface area (Å²) in [6.45, 7) is 3.51. The third-order valence-electron chi connectivity index (χ3n) is 4.65. The van der Waals surface area contributed by atoms with E-state index in [1.165, 1.54) is 0 Å². The van der Waals surface area contributed by atoms with Crippen LogP contribution in [0.4, 0.5) is 0 Å². The standard InChI is InChI=1S/C25H22ClN3O3/c1-16-14-20(10-13-23(16)30)17(2)28-29-25(32)22(15-18-8-11-21(26)12-9-18)27-24(31)19-6-4-3-5-7-19/h3-15,30H,1-2H3,(H,27,31)(H,29,32)/b22-15-,28-17-. The van der Waals surface area contributed by atoms with Crippen LogP contribution < -0.4 is 10.7 Å². The molecule has 0 unspecified atom stereocenters. The van der Waals surface area contributed by atoms with Crippen molar-refractivity contribution in [3.8, 4) is 5.75 Å². The van der Waals surface area contributed by atoms with E-state index in [1.54, 1.807) is 92.7 Å². The molecule has 7 heteroatoms. The van der Waals surface area contributed by atoms with Crippen molar-refractivity contribution in [3.63, 3.8) is 0 Å². The van der Waals surface area contributed by atoms with Gasteiger partial charge in [-0.05, 0) is 79.1 Å². The van der Waals surface area contributed by atoms with Gasteiger partial charge in [0.2, 0.25) is 0 Å². The topological polar surface area (TPSA) is 90.8 Å². The number of nitrogens with zero attached hydrogens (tertiary/aromatic N) is 1. The number of aromatic hydroxyl groups is 1. The van der Waals surface area contributed by atoms with Gasteiger partial charge in [-0.1, -0.05) is 41.9 Å². The molecule has 0 aliphatic carbocycles. The van der Waals surface area contributed by atoms with Gasteiger partial charge in [-0.25, -0.2) is 5.43 Å². The highest BCUT2D eigenvalue weighted by Gasteiger charge is 2.15. The van der Waals surface area contributed by atoms with Gasteiger partial charge in [-0.3, -0.25) is 9.59 Å². The molecule has 0 bridgehead atoms. The second-order valence-electron chi connectivity index (χ2n) is 7.07. The Bertz CT molecular complexity index is 1190. The zero-order valence-corrected chi connectivity index (χ0v) is 18.4. The van der Waals surface area contributed by atoms with Gasteiger partial charge in [0.15, 0.2) is 0 Å². The van der Waals surface area contributed by atoms with Crippen molar-refractivity contribution in [3.05, 3.63) is 106 Å². The van der Waals surface area contributed by atoms with Crippen molar-refractivity contribution in [1.82, 2.24) is 10.7 Å². The van der Waals surface area contributed by atoms with Gasteiger partial charge < -0.3 is 10.4 Å². The SMILES string of the molecule is C/C(=N/NC(=O)/C(=C/c1ccc(Cl)cc1)NC(=O)c1ccccc1)c1ccc(O)c(C)c1. The molecular weight excluding hydrogens is 426 g/mol. The molecule has 6 nitrogen and oxygen atoms in total. The molecule has 0 spiro atoms. The van der Waals surface area contributed by atoms with E-state index in [9.17, 15) is 14.7 Å². The Labute approximate surface area is 191 Å². The molecule has 162 valence electrons. The first-order chi connectivity index (χ1) is 15.3. The van der Waals surface area contributed by atoms with E-state index in [0.29, 0.717) is 27.4 Å². The minimum atomic E-state index is -0.584. The number of phenolic OH excluding ortho intramolecular Hbond substituents is 1. The largest absolute Gasteiger partial charge is 0.508 e. The number of rotatable bonds is 6. The van der Waals surface area contributed by atoms with E-state index in [2.05, 4.69) is 15.8 Å². The third-order valence-corrected chi connectivity index (χ3v) is 4.90. The van der Waals surface area contributed by atoms with Gasteiger partial charge in [0, 0.05) is 10.6 Å². The first kappa shape index (κ1) is 22.8. The Morgan fingerprint density at radius 2 is 1.66 bits per heavy atom. The highest BCUT2D eigenvalue weighted by molar-refractivity contribution is 6.30. The van der Waals surface area contributed by atoms with Crippen LogP contribution in [0.15, 0.2) is 83.6 Å². The summed E-state index contributed by atoms with van der Waals surface area (Å²) in [5.74, 6) is -0.822.